The molecule has 0 aliphatic heterocycles. The van der Waals surface area contributed by atoms with E-state index in [0.717, 1.165) is 5.56 Å². The number of nitrogens with zero attached hydrogens (tertiary/aromatic N) is 2. The molecule has 0 saturated carbocycles. The lowest BCUT2D eigenvalue weighted by atomic mass is 10.1. The fourth-order valence-corrected chi connectivity index (χ4v) is 2.47. The van der Waals surface area contributed by atoms with Crippen molar-refractivity contribution in [3.8, 4) is 17.0 Å². The zero-order valence-electron chi connectivity index (χ0n) is 13.3. The highest BCUT2D eigenvalue weighted by atomic mass is 35.5. The number of hydrazone groups is 1. The van der Waals surface area contributed by atoms with E-state index in [4.69, 9.17) is 11.6 Å². The van der Waals surface area contributed by atoms with Crippen molar-refractivity contribution in [1.29, 1.82) is 0 Å². The summed E-state index contributed by atoms with van der Waals surface area (Å²) in [6.45, 7) is 1.73. The average molecular weight is 355 g/mol. The summed E-state index contributed by atoms with van der Waals surface area (Å²) in [7, 11) is 0. The Morgan fingerprint density at radius 1 is 1.20 bits per heavy atom. The smallest absolute Gasteiger partial charge is 0.289 e. The molecule has 0 bridgehead atoms. The number of amides is 1. The maximum Gasteiger partial charge on any atom is 0.289 e. The van der Waals surface area contributed by atoms with E-state index < -0.39 is 5.91 Å². The standard InChI is InChI=1S/C18H15ClN4O2/c1-11(12-5-4-6-13(24)9-12)20-23-18(25)17-10-16(21-22-17)14-7-2-3-8-15(14)19/h2-10,24H,1H3,(H,21,22)(H,23,25)/b20-11-. The maximum atomic E-state index is 12.2. The Labute approximate surface area is 149 Å². The predicted molar refractivity (Wildman–Crippen MR) is 96.8 cm³/mol. The first kappa shape index (κ1) is 16.7. The molecule has 2 aromatic carbocycles. The summed E-state index contributed by atoms with van der Waals surface area (Å²) in [4.78, 5) is 12.2. The van der Waals surface area contributed by atoms with Gasteiger partial charge >= 0.3 is 0 Å². The number of halogens is 1. The molecule has 0 spiro atoms. The van der Waals surface area contributed by atoms with E-state index in [9.17, 15) is 9.90 Å². The van der Waals surface area contributed by atoms with Crippen LogP contribution in [0.25, 0.3) is 11.3 Å². The molecule has 6 nitrogen and oxygen atoms in total. The third kappa shape index (κ3) is 3.87. The number of hydrogen-bond donors (Lipinski definition) is 3. The lowest BCUT2D eigenvalue weighted by molar-refractivity contribution is 0.0950. The fraction of sp³-hybridized carbons (Fsp3) is 0.0556. The Kier molecular flexibility index (Phi) is 4.81. The normalized spacial score (nSPS) is 11.4. The number of rotatable bonds is 4. The lowest BCUT2D eigenvalue weighted by Crippen LogP contribution is -2.19. The third-order valence-electron chi connectivity index (χ3n) is 3.56. The second kappa shape index (κ2) is 7.19. The molecule has 0 aliphatic carbocycles. The quantitative estimate of drug-likeness (QED) is 0.494. The summed E-state index contributed by atoms with van der Waals surface area (Å²) in [6, 6.07) is 15.5. The maximum absolute atomic E-state index is 12.2. The van der Waals surface area contributed by atoms with Crippen molar-refractivity contribution in [2.45, 2.75) is 6.92 Å². The Morgan fingerprint density at radius 3 is 2.76 bits per heavy atom. The van der Waals surface area contributed by atoms with Gasteiger partial charge in [0.15, 0.2) is 0 Å². The number of carbonyl (C=O) groups excluding carboxylic acids is 1. The highest BCUT2D eigenvalue weighted by Gasteiger charge is 2.12. The Morgan fingerprint density at radius 2 is 2.00 bits per heavy atom. The van der Waals surface area contributed by atoms with Gasteiger partial charge in [-0.15, -0.1) is 0 Å². The van der Waals surface area contributed by atoms with E-state index in [1.165, 1.54) is 0 Å². The van der Waals surface area contributed by atoms with Gasteiger partial charge in [-0.25, -0.2) is 5.43 Å². The summed E-state index contributed by atoms with van der Waals surface area (Å²) in [5.74, 6) is -0.290. The first-order valence-electron chi connectivity index (χ1n) is 7.49. The minimum Gasteiger partial charge on any atom is -0.508 e. The van der Waals surface area contributed by atoms with Crippen molar-refractivity contribution in [2.75, 3.05) is 0 Å². The summed E-state index contributed by atoms with van der Waals surface area (Å²) >= 11 is 6.13. The first-order valence-corrected chi connectivity index (χ1v) is 7.87. The van der Waals surface area contributed by atoms with Gasteiger partial charge in [0.1, 0.15) is 11.4 Å². The number of aromatic nitrogens is 2. The number of aromatic hydroxyl groups is 1. The third-order valence-corrected chi connectivity index (χ3v) is 3.89. The van der Waals surface area contributed by atoms with Crippen LogP contribution in [-0.2, 0) is 0 Å². The monoisotopic (exact) mass is 354 g/mol. The van der Waals surface area contributed by atoms with Crippen LogP contribution in [-0.4, -0.2) is 26.9 Å². The first-order chi connectivity index (χ1) is 12.0. The molecule has 3 aromatic rings. The molecule has 0 aliphatic rings. The SMILES string of the molecule is C/C(=N/NC(=O)c1cc(-c2ccccc2Cl)n[nH]1)c1cccc(O)c1. The van der Waals surface area contributed by atoms with E-state index >= 15 is 0 Å². The van der Waals surface area contributed by atoms with Crippen molar-refractivity contribution in [2.24, 2.45) is 5.10 Å². The Hall–Kier alpha value is -3.12. The molecule has 0 atom stereocenters. The predicted octanol–water partition coefficient (Wildman–Crippen LogP) is 3.59. The molecule has 126 valence electrons. The van der Waals surface area contributed by atoms with Crippen LogP contribution < -0.4 is 5.43 Å². The summed E-state index contributed by atoms with van der Waals surface area (Å²) in [5, 5.41) is 20.9. The van der Waals surface area contributed by atoms with Gasteiger partial charge in [0.2, 0.25) is 0 Å². The highest BCUT2D eigenvalue weighted by molar-refractivity contribution is 6.33. The number of phenols is 1. The van der Waals surface area contributed by atoms with Gasteiger partial charge in [-0.3, -0.25) is 9.89 Å². The van der Waals surface area contributed by atoms with E-state index in [2.05, 4.69) is 20.7 Å². The largest absolute Gasteiger partial charge is 0.508 e. The van der Waals surface area contributed by atoms with Gasteiger partial charge in [0.25, 0.3) is 5.91 Å². The van der Waals surface area contributed by atoms with E-state index in [1.807, 2.05) is 18.2 Å². The van der Waals surface area contributed by atoms with Crippen molar-refractivity contribution < 1.29 is 9.90 Å². The van der Waals surface area contributed by atoms with E-state index in [1.54, 1.807) is 43.3 Å². The molecular formula is C18H15ClN4O2. The minimum atomic E-state index is -0.426. The van der Waals surface area contributed by atoms with E-state index in [-0.39, 0.29) is 11.4 Å². The van der Waals surface area contributed by atoms with Gasteiger partial charge in [-0.05, 0) is 31.2 Å². The van der Waals surface area contributed by atoms with Crippen molar-refractivity contribution in [3.63, 3.8) is 0 Å². The summed E-state index contributed by atoms with van der Waals surface area (Å²) < 4.78 is 0. The molecule has 7 heteroatoms. The minimum absolute atomic E-state index is 0.135. The van der Waals surface area contributed by atoms with Crippen LogP contribution in [0.2, 0.25) is 5.02 Å². The molecule has 0 saturated heterocycles. The van der Waals surface area contributed by atoms with E-state index in [0.29, 0.717) is 22.0 Å². The van der Waals surface area contributed by atoms with Gasteiger partial charge in [0, 0.05) is 11.1 Å². The number of phenolic OH excluding ortho intramolecular Hbond substituents is 1. The topological polar surface area (TPSA) is 90.4 Å². The molecule has 0 fully saturated rings. The van der Waals surface area contributed by atoms with Crippen molar-refractivity contribution >= 4 is 23.2 Å². The molecule has 1 aromatic heterocycles. The zero-order chi connectivity index (χ0) is 17.8. The number of nitrogens with one attached hydrogen (secondary N) is 2. The number of aromatic amines is 1. The average Bonchev–Trinajstić information content (AvgIpc) is 3.09. The van der Waals surface area contributed by atoms with Crippen LogP contribution in [0.15, 0.2) is 59.7 Å². The molecule has 0 unspecified atom stereocenters. The summed E-state index contributed by atoms with van der Waals surface area (Å²) in [6.07, 6.45) is 0. The van der Waals surface area contributed by atoms with Crippen LogP contribution >= 0.6 is 11.6 Å². The molecule has 0 radical (unpaired) electrons. The van der Waals surface area contributed by atoms with Crippen LogP contribution in [0.5, 0.6) is 5.75 Å². The number of H-pyrrole nitrogens is 1. The van der Waals surface area contributed by atoms with Crippen LogP contribution in [0.1, 0.15) is 23.0 Å². The second-order valence-corrected chi connectivity index (χ2v) is 5.74. The Balaban J connectivity index is 1.74. The highest BCUT2D eigenvalue weighted by Crippen LogP contribution is 2.26. The van der Waals surface area contributed by atoms with Gasteiger partial charge in [-0.2, -0.15) is 10.2 Å². The molecule has 1 heterocycles. The molecule has 25 heavy (non-hydrogen) atoms. The molecule has 1 amide bonds. The van der Waals surface area contributed by atoms with Gasteiger partial charge in [0.05, 0.1) is 16.4 Å². The number of carbonyl (C=O) groups is 1. The number of hydrogen-bond acceptors (Lipinski definition) is 4. The zero-order valence-corrected chi connectivity index (χ0v) is 14.1. The number of benzene rings is 2. The van der Waals surface area contributed by atoms with Crippen LogP contribution in [0.4, 0.5) is 0 Å². The fourth-order valence-electron chi connectivity index (χ4n) is 2.24. The molecule has 3 rings (SSSR count). The summed E-state index contributed by atoms with van der Waals surface area (Å²) in [5.41, 5.74) is 5.31. The Bertz CT molecular complexity index is 950. The lowest BCUT2D eigenvalue weighted by Gasteiger charge is -2.02. The van der Waals surface area contributed by atoms with Crippen LogP contribution in [0.3, 0.4) is 0 Å². The molecule has 3 N–H and O–H groups in total. The van der Waals surface area contributed by atoms with Crippen molar-refractivity contribution in [1.82, 2.24) is 15.6 Å². The second-order valence-electron chi connectivity index (χ2n) is 5.34. The van der Waals surface area contributed by atoms with Crippen LogP contribution in [0, 0.1) is 0 Å². The van der Waals surface area contributed by atoms with Crippen molar-refractivity contribution in [3.05, 3.63) is 70.9 Å². The molecular weight excluding hydrogens is 340 g/mol. The van der Waals surface area contributed by atoms with Gasteiger partial charge < -0.3 is 5.11 Å². The van der Waals surface area contributed by atoms with Gasteiger partial charge in [-0.1, -0.05) is 41.9 Å².